The van der Waals surface area contributed by atoms with Gasteiger partial charge in [-0.2, -0.15) is 0 Å². The molecule has 1 aromatic carbocycles. The number of rotatable bonds is 6. The molecular weight excluding hydrogens is 240 g/mol. The summed E-state index contributed by atoms with van der Waals surface area (Å²) in [6.07, 6.45) is 0.671. The maximum Gasteiger partial charge on any atom is 0.234 e. The molecule has 2 rings (SSSR count). The molecule has 0 aliphatic carbocycles. The van der Waals surface area contributed by atoms with Crippen LogP contribution in [0.5, 0.6) is 0 Å². The molecule has 0 aliphatic rings. The molecule has 0 aliphatic heterocycles. The second-order valence-corrected chi connectivity index (χ2v) is 4.60. The van der Waals surface area contributed by atoms with E-state index in [2.05, 4.69) is 14.9 Å². The first-order valence-corrected chi connectivity index (χ1v) is 6.58. The van der Waals surface area contributed by atoms with E-state index in [4.69, 9.17) is 5.73 Å². The average molecular weight is 260 g/mol. The molecule has 1 heterocycles. The van der Waals surface area contributed by atoms with E-state index in [0.29, 0.717) is 6.42 Å². The Balaban J connectivity index is 2.17. The predicted octanol–water partition coefficient (Wildman–Crippen LogP) is 1.20. The van der Waals surface area contributed by atoms with Crippen LogP contribution in [0.1, 0.15) is 19.2 Å². The van der Waals surface area contributed by atoms with Crippen molar-refractivity contribution < 1.29 is 4.79 Å². The SMILES string of the molecule is CCNC(CCn1c(C)nc2ccccc21)C(N)=O. The summed E-state index contributed by atoms with van der Waals surface area (Å²) in [7, 11) is 0. The molecule has 5 nitrogen and oxygen atoms in total. The molecule has 19 heavy (non-hydrogen) atoms. The van der Waals surface area contributed by atoms with Crippen LogP contribution in [0.3, 0.4) is 0 Å². The van der Waals surface area contributed by atoms with Crippen molar-refractivity contribution in [2.45, 2.75) is 32.9 Å². The van der Waals surface area contributed by atoms with Crippen molar-refractivity contribution in [3.05, 3.63) is 30.1 Å². The maximum absolute atomic E-state index is 11.3. The number of hydrogen-bond acceptors (Lipinski definition) is 3. The van der Waals surface area contributed by atoms with E-state index >= 15 is 0 Å². The van der Waals surface area contributed by atoms with E-state index in [1.165, 1.54) is 0 Å². The van der Waals surface area contributed by atoms with Gasteiger partial charge in [0.25, 0.3) is 0 Å². The molecule has 0 radical (unpaired) electrons. The highest BCUT2D eigenvalue weighted by Crippen LogP contribution is 2.16. The van der Waals surface area contributed by atoms with Crippen LogP contribution < -0.4 is 11.1 Å². The van der Waals surface area contributed by atoms with Crippen molar-refractivity contribution in [3.8, 4) is 0 Å². The van der Waals surface area contributed by atoms with Gasteiger partial charge < -0.3 is 15.6 Å². The molecule has 1 unspecified atom stereocenters. The summed E-state index contributed by atoms with van der Waals surface area (Å²) < 4.78 is 2.13. The van der Waals surface area contributed by atoms with E-state index in [1.807, 2.05) is 38.1 Å². The molecule has 0 bridgehead atoms. The summed E-state index contributed by atoms with van der Waals surface area (Å²) in [5, 5.41) is 3.10. The van der Waals surface area contributed by atoms with E-state index in [-0.39, 0.29) is 11.9 Å². The molecule has 0 saturated heterocycles. The highest BCUT2D eigenvalue weighted by molar-refractivity contribution is 5.80. The number of nitrogens with two attached hydrogens (primary N) is 1. The fourth-order valence-electron chi connectivity index (χ4n) is 2.33. The zero-order chi connectivity index (χ0) is 13.8. The number of amides is 1. The monoisotopic (exact) mass is 260 g/mol. The van der Waals surface area contributed by atoms with Gasteiger partial charge in [-0.1, -0.05) is 19.1 Å². The lowest BCUT2D eigenvalue weighted by Gasteiger charge is -2.15. The summed E-state index contributed by atoms with van der Waals surface area (Å²) in [5.41, 5.74) is 7.47. The third kappa shape index (κ3) is 2.93. The highest BCUT2D eigenvalue weighted by Gasteiger charge is 2.15. The maximum atomic E-state index is 11.3. The summed E-state index contributed by atoms with van der Waals surface area (Å²) in [4.78, 5) is 15.8. The molecule has 1 aromatic heterocycles. The zero-order valence-electron chi connectivity index (χ0n) is 11.4. The van der Waals surface area contributed by atoms with Gasteiger partial charge in [-0.05, 0) is 32.0 Å². The molecule has 5 heteroatoms. The van der Waals surface area contributed by atoms with Crippen LogP contribution >= 0.6 is 0 Å². The first-order valence-electron chi connectivity index (χ1n) is 6.58. The number of carbonyl (C=O) groups is 1. The van der Waals surface area contributed by atoms with Crippen molar-refractivity contribution >= 4 is 16.9 Å². The number of nitrogens with zero attached hydrogens (tertiary/aromatic N) is 2. The molecule has 3 N–H and O–H groups in total. The molecule has 1 amide bonds. The third-order valence-corrected chi connectivity index (χ3v) is 3.28. The van der Waals surface area contributed by atoms with E-state index in [9.17, 15) is 4.79 Å². The minimum Gasteiger partial charge on any atom is -0.368 e. The second-order valence-electron chi connectivity index (χ2n) is 4.60. The highest BCUT2D eigenvalue weighted by atomic mass is 16.1. The number of likely N-dealkylation sites (N-methyl/N-ethyl adjacent to an activating group) is 1. The zero-order valence-corrected chi connectivity index (χ0v) is 11.4. The standard InChI is InChI=1S/C14H20N4O/c1-3-16-12(14(15)19)8-9-18-10(2)17-11-6-4-5-7-13(11)18/h4-7,12,16H,3,8-9H2,1-2H3,(H2,15,19). The number of primary amides is 1. The van der Waals surface area contributed by atoms with Crippen LogP contribution in [-0.4, -0.2) is 28.0 Å². The van der Waals surface area contributed by atoms with E-state index in [0.717, 1.165) is 29.9 Å². The lowest BCUT2D eigenvalue weighted by molar-refractivity contribution is -0.120. The fourth-order valence-corrected chi connectivity index (χ4v) is 2.33. The predicted molar refractivity (Wildman–Crippen MR) is 75.7 cm³/mol. The summed E-state index contributed by atoms with van der Waals surface area (Å²) in [6, 6.07) is 7.72. The van der Waals surface area contributed by atoms with Crippen LogP contribution in [0.25, 0.3) is 11.0 Å². The number of aromatic nitrogens is 2. The minimum absolute atomic E-state index is 0.287. The molecule has 0 saturated carbocycles. The Morgan fingerprint density at radius 2 is 2.21 bits per heavy atom. The van der Waals surface area contributed by atoms with Crippen LogP contribution in [0.2, 0.25) is 0 Å². The molecular formula is C14H20N4O. The van der Waals surface area contributed by atoms with Gasteiger partial charge in [0.2, 0.25) is 5.91 Å². The first kappa shape index (κ1) is 13.5. The fraction of sp³-hybridized carbons (Fsp3) is 0.429. The molecule has 102 valence electrons. The Morgan fingerprint density at radius 1 is 1.47 bits per heavy atom. The Morgan fingerprint density at radius 3 is 2.89 bits per heavy atom. The lowest BCUT2D eigenvalue weighted by atomic mass is 10.2. The van der Waals surface area contributed by atoms with Crippen LogP contribution in [0, 0.1) is 6.92 Å². The number of imidazole rings is 1. The van der Waals surface area contributed by atoms with Crippen molar-refractivity contribution in [1.82, 2.24) is 14.9 Å². The largest absolute Gasteiger partial charge is 0.368 e. The minimum atomic E-state index is -0.302. The van der Waals surface area contributed by atoms with Gasteiger partial charge in [-0.25, -0.2) is 4.98 Å². The van der Waals surface area contributed by atoms with E-state index in [1.54, 1.807) is 0 Å². The number of hydrogen-bond donors (Lipinski definition) is 2. The van der Waals surface area contributed by atoms with Crippen LogP contribution in [-0.2, 0) is 11.3 Å². The van der Waals surface area contributed by atoms with Crippen molar-refractivity contribution in [2.24, 2.45) is 5.73 Å². The smallest absolute Gasteiger partial charge is 0.234 e. The number of nitrogens with one attached hydrogen (secondary N) is 1. The quantitative estimate of drug-likeness (QED) is 0.819. The Labute approximate surface area is 112 Å². The average Bonchev–Trinajstić information content (AvgIpc) is 2.70. The number of fused-ring (bicyclic) bond motifs is 1. The number of aryl methyl sites for hydroxylation is 2. The van der Waals surface area contributed by atoms with Gasteiger partial charge in [0.15, 0.2) is 0 Å². The Bertz CT molecular complexity index is 576. The summed E-state index contributed by atoms with van der Waals surface area (Å²) >= 11 is 0. The van der Waals surface area contributed by atoms with E-state index < -0.39 is 0 Å². The summed E-state index contributed by atoms with van der Waals surface area (Å²) in [6.45, 7) is 5.41. The van der Waals surface area contributed by atoms with Gasteiger partial charge in [-0.3, -0.25) is 4.79 Å². The molecule has 0 spiro atoms. The van der Waals surface area contributed by atoms with Crippen LogP contribution in [0.15, 0.2) is 24.3 Å². The van der Waals surface area contributed by atoms with Gasteiger partial charge in [0, 0.05) is 6.54 Å². The normalized spacial score (nSPS) is 12.7. The number of para-hydroxylation sites is 2. The molecule has 2 aromatic rings. The van der Waals surface area contributed by atoms with Crippen LogP contribution in [0.4, 0.5) is 0 Å². The van der Waals surface area contributed by atoms with Gasteiger partial charge in [0.1, 0.15) is 5.82 Å². The van der Waals surface area contributed by atoms with Crippen molar-refractivity contribution in [1.29, 1.82) is 0 Å². The summed E-state index contributed by atoms with van der Waals surface area (Å²) in [5.74, 6) is 0.657. The Kier molecular flexibility index (Phi) is 4.16. The third-order valence-electron chi connectivity index (χ3n) is 3.28. The topological polar surface area (TPSA) is 72.9 Å². The first-order chi connectivity index (χ1) is 9.13. The second kappa shape index (κ2) is 5.84. The van der Waals surface area contributed by atoms with Crippen molar-refractivity contribution in [3.63, 3.8) is 0 Å². The van der Waals surface area contributed by atoms with Gasteiger partial charge >= 0.3 is 0 Å². The lowest BCUT2D eigenvalue weighted by Crippen LogP contribution is -2.41. The van der Waals surface area contributed by atoms with Gasteiger partial charge in [0.05, 0.1) is 17.1 Å². The van der Waals surface area contributed by atoms with Gasteiger partial charge in [-0.15, -0.1) is 0 Å². The molecule has 0 fully saturated rings. The number of benzene rings is 1. The van der Waals surface area contributed by atoms with Crippen molar-refractivity contribution in [2.75, 3.05) is 6.54 Å². The number of carbonyl (C=O) groups excluding carboxylic acids is 1. The Hall–Kier alpha value is -1.88. The molecule has 1 atom stereocenters.